The Labute approximate surface area is 122 Å². The molecular formula is C16H16N2O3. The molecule has 0 heterocycles. The topological polar surface area (TPSA) is 95.4 Å². The predicted octanol–water partition coefficient (Wildman–Crippen LogP) is 2.03. The molecule has 21 heavy (non-hydrogen) atoms. The van der Waals surface area contributed by atoms with Crippen LogP contribution in [0, 0.1) is 6.92 Å². The SMILES string of the molecule is Cc1ccc(C(=O)OCc2ccc(C(N)=O)cc2)cc1N. The van der Waals surface area contributed by atoms with E-state index >= 15 is 0 Å². The van der Waals surface area contributed by atoms with Crippen molar-refractivity contribution in [3.8, 4) is 0 Å². The van der Waals surface area contributed by atoms with Crippen molar-refractivity contribution in [2.75, 3.05) is 5.73 Å². The number of anilines is 1. The Morgan fingerprint density at radius 1 is 1.05 bits per heavy atom. The standard InChI is InChI=1S/C16H16N2O3/c1-10-2-5-13(8-14(10)17)16(20)21-9-11-3-6-12(7-4-11)15(18)19/h2-8H,9,17H2,1H3,(H2,18,19). The molecule has 0 bridgehead atoms. The highest BCUT2D eigenvalue weighted by Gasteiger charge is 2.09. The van der Waals surface area contributed by atoms with E-state index in [2.05, 4.69) is 0 Å². The van der Waals surface area contributed by atoms with E-state index < -0.39 is 11.9 Å². The Balaban J connectivity index is 2.00. The highest BCUT2D eigenvalue weighted by molar-refractivity contribution is 5.92. The van der Waals surface area contributed by atoms with Crippen molar-refractivity contribution in [3.05, 3.63) is 64.7 Å². The monoisotopic (exact) mass is 284 g/mol. The molecule has 2 aromatic carbocycles. The second-order valence-corrected chi connectivity index (χ2v) is 4.71. The smallest absolute Gasteiger partial charge is 0.338 e. The van der Waals surface area contributed by atoms with Crippen molar-refractivity contribution < 1.29 is 14.3 Å². The van der Waals surface area contributed by atoms with Crippen molar-refractivity contribution in [2.45, 2.75) is 13.5 Å². The fraction of sp³-hybridized carbons (Fsp3) is 0.125. The van der Waals surface area contributed by atoms with Gasteiger partial charge in [0.25, 0.3) is 0 Å². The van der Waals surface area contributed by atoms with Gasteiger partial charge in [-0.3, -0.25) is 4.79 Å². The molecule has 0 aromatic heterocycles. The number of primary amides is 1. The van der Waals surface area contributed by atoms with Gasteiger partial charge < -0.3 is 16.2 Å². The van der Waals surface area contributed by atoms with Crippen LogP contribution in [0.5, 0.6) is 0 Å². The number of nitrogens with two attached hydrogens (primary N) is 2. The van der Waals surface area contributed by atoms with Gasteiger partial charge in [0.15, 0.2) is 0 Å². The summed E-state index contributed by atoms with van der Waals surface area (Å²) in [5, 5.41) is 0. The summed E-state index contributed by atoms with van der Waals surface area (Å²) in [7, 11) is 0. The van der Waals surface area contributed by atoms with E-state index in [9.17, 15) is 9.59 Å². The summed E-state index contributed by atoms with van der Waals surface area (Å²) in [5.74, 6) is -0.936. The number of carbonyl (C=O) groups is 2. The highest BCUT2D eigenvalue weighted by Crippen LogP contribution is 2.14. The third-order valence-corrected chi connectivity index (χ3v) is 3.12. The van der Waals surface area contributed by atoms with Crippen LogP contribution in [0.15, 0.2) is 42.5 Å². The molecule has 2 aromatic rings. The van der Waals surface area contributed by atoms with Crippen LogP contribution in [-0.4, -0.2) is 11.9 Å². The van der Waals surface area contributed by atoms with Crippen LogP contribution >= 0.6 is 0 Å². The molecule has 0 unspecified atom stereocenters. The highest BCUT2D eigenvalue weighted by atomic mass is 16.5. The van der Waals surface area contributed by atoms with Crippen LogP contribution < -0.4 is 11.5 Å². The molecule has 1 amide bonds. The van der Waals surface area contributed by atoms with Gasteiger partial charge in [-0.1, -0.05) is 18.2 Å². The third-order valence-electron chi connectivity index (χ3n) is 3.12. The first kappa shape index (κ1) is 14.6. The summed E-state index contributed by atoms with van der Waals surface area (Å²) in [6.07, 6.45) is 0. The van der Waals surface area contributed by atoms with E-state index in [1.165, 1.54) is 0 Å². The summed E-state index contributed by atoms with van der Waals surface area (Å²) in [6.45, 7) is 1.98. The summed E-state index contributed by atoms with van der Waals surface area (Å²) in [4.78, 5) is 22.9. The van der Waals surface area contributed by atoms with Crippen molar-refractivity contribution >= 4 is 17.6 Å². The molecule has 0 saturated heterocycles. The minimum absolute atomic E-state index is 0.117. The van der Waals surface area contributed by atoms with Crippen LogP contribution in [0.1, 0.15) is 31.8 Å². The minimum atomic E-state index is -0.492. The zero-order chi connectivity index (χ0) is 15.4. The van der Waals surface area contributed by atoms with Crippen LogP contribution in [0.4, 0.5) is 5.69 Å². The van der Waals surface area contributed by atoms with Crippen molar-refractivity contribution in [2.24, 2.45) is 5.73 Å². The number of ether oxygens (including phenoxy) is 1. The number of hydrogen-bond donors (Lipinski definition) is 2. The van der Waals surface area contributed by atoms with E-state index in [-0.39, 0.29) is 6.61 Å². The molecule has 5 heteroatoms. The number of benzene rings is 2. The Bertz CT molecular complexity index is 678. The summed E-state index contributed by atoms with van der Waals surface area (Å²) < 4.78 is 5.20. The number of amides is 1. The Hall–Kier alpha value is -2.82. The second kappa shape index (κ2) is 6.09. The predicted molar refractivity (Wildman–Crippen MR) is 79.7 cm³/mol. The lowest BCUT2D eigenvalue weighted by atomic mass is 10.1. The quantitative estimate of drug-likeness (QED) is 0.663. The lowest BCUT2D eigenvalue weighted by Crippen LogP contribution is -2.11. The van der Waals surface area contributed by atoms with Crippen molar-refractivity contribution in [3.63, 3.8) is 0 Å². The molecule has 108 valence electrons. The molecule has 4 N–H and O–H groups in total. The average molecular weight is 284 g/mol. The Morgan fingerprint density at radius 3 is 2.24 bits per heavy atom. The molecule has 0 aliphatic rings. The molecule has 0 atom stereocenters. The Morgan fingerprint density at radius 2 is 1.67 bits per heavy atom. The lowest BCUT2D eigenvalue weighted by molar-refractivity contribution is 0.0472. The molecular weight excluding hydrogens is 268 g/mol. The fourth-order valence-corrected chi connectivity index (χ4v) is 1.76. The molecule has 0 saturated carbocycles. The van der Waals surface area contributed by atoms with Gasteiger partial charge in [-0.05, 0) is 42.3 Å². The fourth-order valence-electron chi connectivity index (χ4n) is 1.76. The van der Waals surface area contributed by atoms with Crippen molar-refractivity contribution in [1.82, 2.24) is 0 Å². The summed E-state index contributed by atoms with van der Waals surface area (Å²) >= 11 is 0. The van der Waals surface area contributed by atoms with E-state index in [0.29, 0.717) is 16.8 Å². The van der Waals surface area contributed by atoms with Gasteiger partial charge in [0.2, 0.25) is 5.91 Å². The van der Waals surface area contributed by atoms with Gasteiger partial charge in [-0.2, -0.15) is 0 Å². The molecule has 2 rings (SSSR count). The average Bonchev–Trinajstić information content (AvgIpc) is 2.48. The van der Waals surface area contributed by atoms with Crippen LogP contribution in [0.3, 0.4) is 0 Å². The molecule has 0 aliphatic heterocycles. The number of nitrogen functional groups attached to an aromatic ring is 1. The van der Waals surface area contributed by atoms with E-state index in [4.69, 9.17) is 16.2 Å². The van der Waals surface area contributed by atoms with Crippen LogP contribution in [0.2, 0.25) is 0 Å². The number of rotatable bonds is 4. The van der Waals surface area contributed by atoms with E-state index in [0.717, 1.165) is 11.1 Å². The van der Waals surface area contributed by atoms with Gasteiger partial charge in [-0.25, -0.2) is 4.79 Å². The summed E-state index contributed by atoms with van der Waals surface area (Å²) in [5.41, 5.74) is 14.0. The zero-order valence-corrected chi connectivity index (χ0v) is 11.6. The number of aryl methyl sites for hydroxylation is 1. The maximum absolute atomic E-state index is 11.9. The maximum atomic E-state index is 11.9. The second-order valence-electron chi connectivity index (χ2n) is 4.71. The van der Waals surface area contributed by atoms with Gasteiger partial charge in [0.05, 0.1) is 5.56 Å². The molecule has 5 nitrogen and oxygen atoms in total. The van der Waals surface area contributed by atoms with Gasteiger partial charge >= 0.3 is 5.97 Å². The minimum Gasteiger partial charge on any atom is -0.457 e. The third kappa shape index (κ3) is 3.60. The van der Waals surface area contributed by atoms with Crippen molar-refractivity contribution in [1.29, 1.82) is 0 Å². The van der Waals surface area contributed by atoms with Gasteiger partial charge in [-0.15, -0.1) is 0 Å². The van der Waals surface area contributed by atoms with E-state index in [1.807, 2.05) is 6.92 Å². The molecule has 0 fully saturated rings. The first-order valence-electron chi connectivity index (χ1n) is 6.39. The van der Waals surface area contributed by atoms with Gasteiger partial charge in [0.1, 0.15) is 6.61 Å². The number of carbonyl (C=O) groups excluding carboxylic acids is 2. The van der Waals surface area contributed by atoms with Crippen LogP contribution in [-0.2, 0) is 11.3 Å². The number of esters is 1. The summed E-state index contributed by atoms with van der Waals surface area (Å²) in [6, 6.07) is 11.6. The maximum Gasteiger partial charge on any atom is 0.338 e. The Kier molecular flexibility index (Phi) is 4.23. The van der Waals surface area contributed by atoms with E-state index in [1.54, 1.807) is 42.5 Å². The first-order chi connectivity index (χ1) is 9.97. The molecule has 0 aliphatic carbocycles. The zero-order valence-electron chi connectivity index (χ0n) is 11.6. The first-order valence-corrected chi connectivity index (χ1v) is 6.39. The number of hydrogen-bond acceptors (Lipinski definition) is 4. The van der Waals surface area contributed by atoms with Crippen LogP contribution in [0.25, 0.3) is 0 Å². The largest absolute Gasteiger partial charge is 0.457 e. The normalized spacial score (nSPS) is 10.1. The molecule has 0 spiro atoms. The van der Waals surface area contributed by atoms with Gasteiger partial charge in [0, 0.05) is 11.3 Å². The molecule has 0 radical (unpaired) electrons. The lowest BCUT2D eigenvalue weighted by Gasteiger charge is -2.07.